The van der Waals surface area contributed by atoms with Crippen LogP contribution in [-0.2, 0) is 16.1 Å². The van der Waals surface area contributed by atoms with Gasteiger partial charge in [-0.3, -0.25) is 9.48 Å². The molecule has 0 saturated heterocycles. The van der Waals surface area contributed by atoms with Crippen LogP contribution < -0.4 is 0 Å². The molecule has 1 N–H and O–H groups in total. The van der Waals surface area contributed by atoms with Crippen LogP contribution in [0.1, 0.15) is 39.4 Å². The highest BCUT2D eigenvalue weighted by Crippen LogP contribution is 2.29. The van der Waals surface area contributed by atoms with Crippen molar-refractivity contribution in [2.24, 2.45) is 11.8 Å². The molecule has 2 unspecified atom stereocenters. The van der Waals surface area contributed by atoms with Crippen LogP contribution in [0.4, 0.5) is 0 Å². The zero-order valence-electron chi connectivity index (χ0n) is 11.5. The zero-order valence-corrected chi connectivity index (χ0v) is 11.5. The van der Waals surface area contributed by atoms with Crippen LogP contribution >= 0.6 is 0 Å². The van der Waals surface area contributed by atoms with E-state index >= 15 is 0 Å². The molecule has 0 aliphatic carbocycles. The Morgan fingerprint density at radius 3 is 2.61 bits per heavy atom. The highest BCUT2D eigenvalue weighted by molar-refractivity contribution is 5.73. The van der Waals surface area contributed by atoms with E-state index in [1.165, 1.54) is 0 Å². The first-order chi connectivity index (χ1) is 8.51. The number of nitrogens with zero attached hydrogens (tertiary/aromatic N) is 2. The van der Waals surface area contributed by atoms with E-state index in [2.05, 4.69) is 5.10 Å². The highest BCUT2D eigenvalue weighted by atomic mass is 16.5. The molecule has 1 rings (SSSR count). The molecule has 2 atom stereocenters. The van der Waals surface area contributed by atoms with Gasteiger partial charge in [-0.15, -0.1) is 0 Å². The summed E-state index contributed by atoms with van der Waals surface area (Å²) in [6.45, 7) is 8.58. The lowest BCUT2D eigenvalue weighted by Gasteiger charge is -2.23. The Morgan fingerprint density at radius 1 is 1.50 bits per heavy atom. The van der Waals surface area contributed by atoms with E-state index in [9.17, 15) is 9.90 Å². The number of rotatable bonds is 6. The van der Waals surface area contributed by atoms with Gasteiger partial charge in [0.1, 0.15) is 0 Å². The van der Waals surface area contributed by atoms with E-state index in [0.29, 0.717) is 12.2 Å². The lowest BCUT2D eigenvalue weighted by molar-refractivity contribution is -0.154. The lowest BCUT2D eigenvalue weighted by atomic mass is 9.87. The Morgan fingerprint density at radius 2 is 2.17 bits per heavy atom. The normalized spacial score (nSPS) is 14.6. The molecule has 1 aromatic heterocycles. The van der Waals surface area contributed by atoms with Gasteiger partial charge < -0.3 is 9.84 Å². The third-order valence-corrected chi connectivity index (χ3v) is 2.94. The molecule has 5 heteroatoms. The molecule has 0 saturated carbocycles. The second-order valence-electron chi connectivity index (χ2n) is 4.60. The number of aliphatic hydroxyl groups excluding tert-OH is 1. The Hall–Kier alpha value is -1.36. The molecule has 0 aromatic carbocycles. The zero-order chi connectivity index (χ0) is 13.7. The fourth-order valence-electron chi connectivity index (χ4n) is 1.92. The summed E-state index contributed by atoms with van der Waals surface area (Å²) >= 11 is 0. The van der Waals surface area contributed by atoms with Crippen molar-refractivity contribution in [1.29, 1.82) is 0 Å². The first-order valence-corrected chi connectivity index (χ1v) is 6.38. The minimum absolute atomic E-state index is 0.00373. The molecular weight excluding hydrogens is 232 g/mol. The van der Waals surface area contributed by atoms with Gasteiger partial charge >= 0.3 is 5.97 Å². The number of aliphatic hydroxyl groups is 1. The summed E-state index contributed by atoms with van der Waals surface area (Å²) < 4.78 is 6.74. The molecule has 0 spiro atoms. The minimum atomic E-state index is -0.871. The van der Waals surface area contributed by atoms with Gasteiger partial charge in [0.05, 0.1) is 24.8 Å². The van der Waals surface area contributed by atoms with Crippen molar-refractivity contribution in [3.63, 3.8) is 0 Å². The first kappa shape index (κ1) is 14.7. The van der Waals surface area contributed by atoms with Crippen LogP contribution in [0.5, 0.6) is 0 Å². The number of ether oxygens (including phenoxy) is 1. The number of carbonyl (C=O) groups is 1. The standard InChI is InChI=1S/C13H22N2O3/c1-5-15-8-10(7-14-15)12(16)11(9(3)4)13(17)18-6-2/h7-9,11-12,16H,5-6H2,1-4H3. The topological polar surface area (TPSA) is 64.3 Å². The largest absolute Gasteiger partial charge is 0.466 e. The number of hydrogen-bond acceptors (Lipinski definition) is 4. The summed E-state index contributed by atoms with van der Waals surface area (Å²) in [4.78, 5) is 11.9. The number of aromatic nitrogens is 2. The smallest absolute Gasteiger partial charge is 0.312 e. The monoisotopic (exact) mass is 254 g/mol. The van der Waals surface area contributed by atoms with E-state index in [4.69, 9.17) is 4.74 Å². The van der Waals surface area contributed by atoms with E-state index in [-0.39, 0.29) is 11.9 Å². The number of aryl methyl sites for hydroxylation is 1. The van der Waals surface area contributed by atoms with Crippen molar-refractivity contribution in [2.75, 3.05) is 6.61 Å². The number of hydrogen-bond donors (Lipinski definition) is 1. The average Bonchev–Trinajstić information content (AvgIpc) is 2.77. The molecule has 0 aliphatic rings. The average molecular weight is 254 g/mol. The van der Waals surface area contributed by atoms with Gasteiger partial charge in [0.15, 0.2) is 0 Å². The summed E-state index contributed by atoms with van der Waals surface area (Å²) in [5.74, 6) is -0.910. The maximum atomic E-state index is 11.9. The molecule has 1 aromatic rings. The highest BCUT2D eigenvalue weighted by Gasteiger charge is 2.32. The van der Waals surface area contributed by atoms with Crippen molar-refractivity contribution >= 4 is 5.97 Å². The molecule has 0 amide bonds. The quantitative estimate of drug-likeness (QED) is 0.786. The third-order valence-electron chi connectivity index (χ3n) is 2.94. The van der Waals surface area contributed by atoms with Crippen molar-refractivity contribution in [1.82, 2.24) is 9.78 Å². The Bertz CT molecular complexity index is 387. The molecule has 0 aliphatic heterocycles. The lowest BCUT2D eigenvalue weighted by Crippen LogP contribution is -2.29. The van der Waals surface area contributed by atoms with Crippen LogP contribution in [0, 0.1) is 11.8 Å². The fourth-order valence-corrected chi connectivity index (χ4v) is 1.92. The first-order valence-electron chi connectivity index (χ1n) is 6.38. The summed E-state index contributed by atoms with van der Waals surface area (Å²) in [5, 5.41) is 14.4. The van der Waals surface area contributed by atoms with Crippen molar-refractivity contribution in [2.45, 2.75) is 40.3 Å². The minimum Gasteiger partial charge on any atom is -0.466 e. The van der Waals surface area contributed by atoms with Gasteiger partial charge in [-0.25, -0.2) is 0 Å². The second kappa shape index (κ2) is 6.54. The van der Waals surface area contributed by atoms with Crippen molar-refractivity contribution in [3.05, 3.63) is 18.0 Å². The number of carbonyl (C=O) groups excluding carboxylic acids is 1. The third kappa shape index (κ3) is 3.32. The molecule has 5 nitrogen and oxygen atoms in total. The Labute approximate surface area is 108 Å². The van der Waals surface area contributed by atoms with Gasteiger partial charge in [-0.1, -0.05) is 13.8 Å². The van der Waals surface area contributed by atoms with Gasteiger partial charge in [-0.2, -0.15) is 5.10 Å². The summed E-state index contributed by atoms with van der Waals surface area (Å²) in [5.41, 5.74) is 0.656. The summed E-state index contributed by atoms with van der Waals surface area (Å²) in [6.07, 6.45) is 2.49. The van der Waals surface area contributed by atoms with E-state index in [0.717, 1.165) is 6.54 Å². The van der Waals surface area contributed by atoms with Gasteiger partial charge in [0, 0.05) is 18.3 Å². The second-order valence-corrected chi connectivity index (χ2v) is 4.60. The van der Waals surface area contributed by atoms with E-state index < -0.39 is 12.0 Å². The molecule has 0 fully saturated rings. The van der Waals surface area contributed by atoms with Gasteiger partial charge in [-0.05, 0) is 19.8 Å². The van der Waals surface area contributed by atoms with Gasteiger partial charge in [0.25, 0.3) is 0 Å². The van der Waals surface area contributed by atoms with E-state index in [1.54, 1.807) is 24.0 Å². The maximum absolute atomic E-state index is 11.9. The predicted octanol–water partition coefficient (Wildman–Crippen LogP) is 1.77. The SMILES string of the molecule is CCOC(=O)C(C(C)C)C(O)c1cnn(CC)c1. The summed E-state index contributed by atoms with van der Waals surface area (Å²) in [6, 6.07) is 0. The van der Waals surface area contributed by atoms with E-state index in [1.807, 2.05) is 20.8 Å². The van der Waals surface area contributed by atoms with Crippen LogP contribution in [0.25, 0.3) is 0 Å². The number of esters is 1. The fraction of sp³-hybridized carbons (Fsp3) is 0.692. The predicted molar refractivity (Wildman–Crippen MR) is 67.8 cm³/mol. The van der Waals surface area contributed by atoms with Crippen LogP contribution in [0.15, 0.2) is 12.4 Å². The molecule has 1 heterocycles. The van der Waals surface area contributed by atoms with Crippen LogP contribution in [0.2, 0.25) is 0 Å². The molecular formula is C13H22N2O3. The molecule has 0 radical (unpaired) electrons. The molecule has 0 bridgehead atoms. The van der Waals surface area contributed by atoms with Crippen LogP contribution in [0.3, 0.4) is 0 Å². The Balaban J connectivity index is 2.88. The molecule has 102 valence electrons. The van der Waals surface area contributed by atoms with Crippen molar-refractivity contribution < 1.29 is 14.6 Å². The molecule has 18 heavy (non-hydrogen) atoms. The summed E-state index contributed by atoms with van der Waals surface area (Å²) in [7, 11) is 0. The maximum Gasteiger partial charge on any atom is 0.312 e. The van der Waals surface area contributed by atoms with Crippen LogP contribution in [-0.4, -0.2) is 27.5 Å². The van der Waals surface area contributed by atoms with Gasteiger partial charge in [0.2, 0.25) is 0 Å². The van der Waals surface area contributed by atoms with Crippen molar-refractivity contribution in [3.8, 4) is 0 Å². The Kier molecular flexibility index (Phi) is 5.34.